The van der Waals surface area contributed by atoms with E-state index < -0.39 is 0 Å². The predicted molar refractivity (Wildman–Crippen MR) is 65.8 cm³/mol. The number of carbonyl (C=O) groups excluding carboxylic acids is 1. The molecule has 2 rings (SSSR count). The summed E-state index contributed by atoms with van der Waals surface area (Å²) in [6, 6.07) is 6.66. The van der Waals surface area contributed by atoms with Gasteiger partial charge in [-0.15, -0.1) is 0 Å². The molecule has 1 saturated heterocycles. The quantitative estimate of drug-likeness (QED) is 0.841. The van der Waals surface area contributed by atoms with Gasteiger partial charge in [-0.3, -0.25) is 4.79 Å². The van der Waals surface area contributed by atoms with Crippen LogP contribution >= 0.6 is 11.6 Å². The van der Waals surface area contributed by atoms with Crippen molar-refractivity contribution in [2.45, 2.75) is 18.9 Å². The summed E-state index contributed by atoms with van der Waals surface area (Å²) in [6.07, 6.45) is 1.84. The smallest absolute Gasteiger partial charge is 0.241 e. The van der Waals surface area contributed by atoms with Crippen molar-refractivity contribution in [3.63, 3.8) is 0 Å². The molecule has 1 aliphatic rings. The number of halogens is 1. The van der Waals surface area contributed by atoms with Crippen molar-refractivity contribution in [2.24, 2.45) is 0 Å². The van der Waals surface area contributed by atoms with Crippen molar-refractivity contribution in [3.8, 4) is 6.07 Å². The number of rotatable bonds is 2. The Bertz CT molecular complexity index is 475. The summed E-state index contributed by atoms with van der Waals surface area (Å²) in [4.78, 5) is 11.9. The van der Waals surface area contributed by atoms with Crippen LogP contribution in [0.5, 0.6) is 0 Å². The summed E-state index contributed by atoms with van der Waals surface area (Å²) in [6.45, 7) is 0.865. The number of hydrogen-bond donors (Lipinski definition) is 2. The molecule has 0 unspecified atom stereocenters. The van der Waals surface area contributed by atoms with Crippen LogP contribution in [0.25, 0.3) is 0 Å². The molecule has 0 aromatic heterocycles. The van der Waals surface area contributed by atoms with Crippen molar-refractivity contribution < 1.29 is 4.79 Å². The van der Waals surface area contributed by atoms with Gasteiger partial charge in [0.15, 0.2) is 0 Å². The molecule has 0 saturated carbocycles. The number of nitrogens with one attached hydrogen (secondary N) is 2. The average Bonchev–Trinajstić information content (AvgIpc) is 2.85. The molecule has 0 radical (unpaired) electrons. The van der Waals surface area contributed by atoms with Gasteiger partial charge >= 0.3 is 0 Å². The van der Waals surface area contributed by atoms with Crippen LogP contribution in [0.1, 0.15) is 18.4 Å². The topological polar surface area (TPSA) is 64.9 Å². The zero-order chi connectivity index (χ0) is 12.3. The van der Waals surface area contributed by atoms with E-state index >= 15 is 0 Å². The summed E-state index contributed by atoms with van der Waals surface area (Å²) in [5.41, 5.74) is 0.966. The third-order valence-corrected chi connectivity index (χ3v) is 3.06. The Morgan fingerprint density at radius 2 is 2.41 bits per heavy atom. The molecule has 1 aromatic rings. The lowest BCUT2D eigenvalue weighted by Crippen LogP contribution is -2.35. The summed E-state index contributed by atoms with van der Waals surface area (Å²) < 4.78 is 0. The van der Waals surface area contributed by atoms with Gasteiger partial charge in [-0.2, -0.15) is 5.26 Å². The molecule has 1 aliphatic heterocycles. The van der Waals surface area contributed by atoms with E-state index in [9.17, 15) is 4.79 Å². The molecule has 2 N–H and O–H groups in total. The predicted octanol–water partition coefficient (Wildman–Crippen LogP) is 1.90. The lowest BCUT2D eigenvalue weighted by molar-refractivity contribution is -0.117. The fourth-order valence-electron chi connectivity index (χ4n) is 1.82. The standard InChI is InChI=1S/C12H12ClN3O/c13-9-4-3-8(7-14)6-11(9)16-12(17)10-2-1-5-15-10/h3-4,6,10,15H,1-2,5H2,(H,16,17)/t10-/m1/s1. The van der Waals surface area contributed by atoms with E-state index in [1.165, 1.54) is 0 Å². The van der Waals surface area contributed by atoms with Crippen LogP contribution in [0, 0.1) is 11.3 Å². The molecule has 1 fully saturated rings. The first-order valence-electron chi connectivity index (χ1n) is 5.44. The molecule has 1 amide bonds. The average molecular weight is 250 g/mol. The summed E-state index contributed by atoms with van der Waals surface area (Å²) in [7, 11) is 0. The van der Waals surface area contributed by atoms with Gasteiger partial charge in [0.1, 0.15) is 0 Å². The maximum absolute atomic E-state index is 11.9. The Hall–Kier alpha value is -1.57. The monoisotopic (exact) mass is 249 g/mol. The summed E-state index contributed by atoms with van der Waals surface area (Å²) in [5, 5.41) is 15.1. The maximum Gasteiger partial charge on any atom is 0.241 e. The number of hydrogen-bond acceptors (Lipinski definition) is 3. The van der Waals surface area contributed by atoms with Gasteiger partial charge in [0, 0.05) is 0 Å². The van der Waals surface area contributed by atoms with Crippen molar-refractivity contribution in [1.29, 1.82) is 5.26 Å². The second kappa shape index (κ2) is 5.17. The lowest BCUT2D eigenvalue weighted by Gasteiger charge is -2.12. The first kappa shape index (κ1) is 11.9. The molecule has 1 heterocycles. The van der Waals surface area contributed by atoms with Crippen LogP contribution < -0.4 is 10.6 Å². The highest BCUT2D eigenvalue weighted by molar-refractivity contribution is 6.33. The van der Waals surface area contributed by atoms with Crippen LogP contribution in [0.4, 0.5) is 5.69 Å². The Kier molecular flexibility index (Phi) is 3.62. The van der Waals surface area contributed by atoms with Crippen molar-refractivity contribution >= 4 is 23.2 Å². The number of amides is 1. The zero-order valence-electron chi connectivity index (χ0n) is 9.16. The first-order valence-corrected chi connectivity index (χ1v) is 5.82. The van der Waals surface area contributed by atoms with Gasteiger partial charge in [0.05, 0.1) is 28.4 Å². The fourth-order valence-corrected chi connectivity index (χ4v) is 1.98. The molecular weight excluding hydrogens is 238 g/mol. The van der Waals surface area contributed by atoms with Gasteiger partial charge in [-0.25, -0.2) is 0 Å². The number of nitrogens with zero attached hydrogens (tertiary/aromatic N) is 1. The second-order valence-electron chi connectivity index (χ2n) is 3.94. The summed E-state index contributed by atoms with van der Waals surface area (Å²) >= 11 is 5.96. The highest BCUT2D eigenvalue weighted by atomic mass is 35.5. The first-order chi connectivity index (χ1) is 8.20. The molecule has 5 heteroatoms. The third kappa shape index (κ3) is 2.76. The number of benzene rings is 1. The molecule has 4 nitrogen and oxygen atoms in total. The van der Waals surface area contributed by atoms with Crippen LogP contribution in [-0.2, 0) is 4.79 Å². The van der Waals surface area contributed by atoms with Gasteiger partial charge in [0.25, 0.3) is 0 Å². The highest BCUT2D eigenvalue weighted by Crippen LogP contribution is 2.23. The minimum atomic E-state index is -0.156. The minimum Gasteiger partial charge on any atom is -0.323 e. The van der Waals surface area contributed by atoms with Gasteiger partial charge in [-0.05, 0) is 37.6 Å². The van der Waals surface area contributed by atoms with E-state index in [0.717, 1.165) is 19.4 Å². The molecule has 0 spiro atoms. The maximum atomic E-state index is 11.9. The van der Waals surface area contributed by atoms with E-state index in [4.69, 9.17) is 16.9 Å². The summed E-state index contributed by atoms with van der Waals surface area (Å²) in [5.74, 6) is -0.0977. The van der Waals surface area contributed by atoms with Crippen LogP contribution in [0.2, 0.25) is 5.02 Å². The molecule has 1 aromatic carbocycles. The highest BCUT2D eigenvalue weighted by Gasteiger charge is 2.22. The van der Waals surface area contributed by atoms with E-state index in [1.807, 2.05) is 6.07 Å². The van der Waals surface area contributed by atoms with E-state index in [1.54, 1.807) is 18.2 Å². The third-order valence-electron chi connectivity index (χ3n) is 2.73. The normalized spacial score (nSPS) is 18.7. The van der Waals surface area contributed by atoms with Gasteiger partial charge in [-0.1, -0.05) is 11.6 Å². The van der Waals surface area contributed by atoms with E-state index in [2.05, 4.69) is 10.6 Å². The Balaban J connectivity index is 2.12. The minimum absolute atomic E-state index is 0.0977. The number of carbonyl (C=O) groups is 1. The zero-order valence-corrected chi connectivity index (χ0v) is 9.92. The second-order valence-corrected chi connectivity index (χ2v) is 4.35. The van der Waals surface area contributed by atoms with Crippen LogP contribution in [0.3, 0.4) is 0 Å². The molecule has 1 atom stereocenters. The number of nitriles is 1. The Labute approximate surface area is 105 Å². The van der Waals surface area contributed by atoms with E-state index in [0.29, 0.717) is 16.3 Å². The van der Waals surface area contributed by atoms with E-state index in [-0.39, 0.29) is 11.9 Å². The van der Waals surface area contributed by atoms with Crippen LogP contribution in [0.15, 0.2) is 18.2 Å². The fraction of sp³-hybridized carbons (Fsp3) is 0.333. The van der Waals surface area contributed by atoms with Gasteiger partial charge in [0.2, 0.25) is 5.91 Å². The SMILES string of the molecule is N#Cc1ccc(Cl)c(NC(=O)[C@H]2CCCN2)c1. The molecule has 17 heavy (non-hydrogen) atoms. The van der Waals surface area contributed by atoms with Crippen molar-refractivity contribution in [2.75, 3.05) is 11.9 Å². The molecule has 88 valence electrons. The lowest BCUT2D eigenvalue weighted by atomic mass is 10.2. The van der Waals surface area contributed by atoms with Crippen molar-refractivity contribution in [3.05, 3.63) is 28.8 Å². The van der Waals surface area contributed by atoms with Crippen LogP contribution in [-0.4, -0.2) is 18.5 Å². The van der Waals surface area contributed by atoms with Crippen molar-refractivity contribution in [1.82, 2.24) is 5.32 Å². The molecule has 0 bridgehead atoms. The largest absolute Gasteiger partial charge is 0.323 e. The molecule has 0 aliphatic carbocycles. The van der Waals surface area contributed by atoms with Gasteiger partial charge < -0.3 is 10.6 Å². The number of anilines is 1. The Morgan fingerprint density at radius 3 is 3.06 bits per heavy atom. The Morgan fingerprint density at radius 1 is 1.59 bits per heavy atom. The molecular formula is C12H12ClN3O.